The van der Waals surface area contributed by atoms with Crippen LogP contribution in [0.4, 0.5) is 4.39 Å². The molecule has 1 rings (SSSR count). The van der Waals surface area contributed by atoms with E-state index in [0.29, 0.717) is 11.0 Å². The first kappa shape index (κ1) is 14.2. The van der Waals surface area contributed by atoms with Crippen molar-refractivity contribution in [1.82, 2.24) is 5.32 Å². The number of halogens is 1. The SMILES string of the molecule is CNC(CCC(C)(C)C)c1ccc(C)c(F)c1. The van der Waals surface area contributed by atoms with Gasteiger partial charge in [-0.3, -0.25) is 0 Å². The molecule has 0 saturated carbocycles. The van der Waals surface area contributed by atoms with E-state index in [0.717, 1.165) is 18.4 Å². The maximum absolute atomic E-state index is 13.5. The molecule has 0 spiro atoms. The fourth-order valence-corrected chi connectivity index (χ4v) is 1.88. The minimum absolute atomic E-state index is 0.112. The van der Waals surface area contributed by atoms with E-state index in [9.17, 15) is 4.39 Å². The summed E-state index contributed by atoms with van der Waals surface area (Å²) in [6.45, 7) is 8.49. The van der Waals surface area contributed by atoms with Gasteiger partial charge >= 0.3 is 0 Å². The Morgan fingerprint density at radius 3 is 2.41 bits per heavy atom. The molecule has 1 N–H and O–H groups in total. The molecule has 0 aliphatic carbocycles. The zero-order chi connectivity index (χ0) is 13.1. The van der Waals surface area contributed by atoms with Crippen LogP contribution in [-0.4, -0.2) is 7.05 Å². The van der Waals surface area contributed by atoms with Gasteiger partial charge in [-0.2, -0.15) is 0 Å². The zero-order valence-electron chi connectivity index (χ0n) is 11.6. The quantitative estimate of drug-likeness (QED) is 0.826. The largest absolute Gasteiger partial charge is 0.313 e. The molecule has 0 bridgehead atoms. The Hall–Kier alpha value is -0.890. The normalized spacial score (nSPS) is 13.8. The molecule has 0 saturated heterocycles. The average molecular weight is 237 g/mol. The van der Waals surface area contributed by atoms with Gasteiger partial charge in [-0.15, -0.1) is 0 Å². The Balaban J connectivity index is 2.76. The highest BCUT2D eigenvalue weighted by atomic mass is 19.1. The topological polar surface area (TPSA) is 12.0 Å². The van der Waals surface area contributed by atoms with Crippen LogP contribution in [0.25, 0.3) is 0 Å². The zero-order valence-corrected chi connectivity index (χ0v) is 11.6. The third-order valence-electron chi connectivity index (χ3n) is 3.13. The first-order chi connectivity index (χ1) is 7.83. The molecule has 0 aliphatic heterocycles. The molecule has 0 amide bonds. The van der Waals surface area contributed by atoms with Crippen molar-refractivity contribution >= 4 is 0 Å². The van der Waals surface area contributed by atoms with Gasteiger partial charge < -0.3 is 5.32 Å². The van der Waals surface area contributed by atoms with Crippen molar-refractivity contribution in [2.45, 2.75) is 46.6 Å². The number of nitrogens with one attached hydrogen (secondary N) is 1. The third-order valence-corrected chi connectivity index (χ3v) is 3.13. The maximum atomic E-state index is 13.5. The van der Waals surface area contributed by atoms with Crippen molar-refractivity contribution in [3.63, 3.8) is 0 Å². The van der Waals surface area contributed by atoms with Crippen LogP contribution in [-0.2, 0) is 0 Å². The van der Waals surface area contributed by atoms with Crippen LogP contribution in [0.5, 0.6) is 0 Å². The van der Waals surface area contributed by atoms with E-state index in [1.54, 1.807) is 13.0 Å². The fraction of sp³-hybridized carbons (Fsp3) is 0.600. The smallest absolute Gasteiger partial charge is 0.126 e. The molecular weight excluding hydrogens is 213 g/mol. The second-order valence-corrected chi connectivity index (χ2v) is 5.95. The summed E-state index contributed by atoms with van der Waals surface area (Å²) in [6.07, 6.45) is 2.15. The van der Waals surface area contributed by atoms with Gasteiger partial charge in [-0.05, 0) is 49.4 Å². The first-order valence-electron chi connectivity index (χ1n) is 6.27. The number of aryl methyl sites for hydroxylation is 1. The van der Waals surface area contributed by atoms with Crippen LogP contribution in [0.2, 0.25) is 0 Å². The molecule has 1 aromatic rings. The maximum Gasteiger partial charge on any atom is 0.126 e. The van der Waals surface area contributed by atoms with Crippen LogP contribution >= 0.6 is 0 Å². The van der Waals surface area contributed by atoms with E-state index < -0.39 is 0 Å². The summed E-state index contributed by atoms with van der Waals surface area (Å²) >= 11 is 0. The van der Waals surface area contributed by atoms with Gasteiger partial charge in [0.2, 0.25) is 0 Å². The van der Waals surface area contributed by atoms with Crippen molar-refractivity contribution in [1.29, 1.82) is 0 Å². The summed E-state index contributed by atoms with van der Waals surface area (Å²) in [5, 5.41) is 3.27. The minimum Gasteiger partial charge on any atom is -0.313 e. The van der Waals surface area contributed by atoms with Crippen molar-refractivity contribution in [3.05, 3.63) is 35.1 Å². The third kappa shape index (κ3) is 4.47. The molecule has 96 valence electrons. The van der Waals surface area contributed by atoms with Crippen LogP contribution in [0.1, 0.15) is 50.8 Å². The molecular formula is C15H24FN. The lowest BCUT2D eigenvalue weighted by molar-refractivity contribution is 0.337. The Kier molecular flexibility index (Phi) is 4.70. The van der Waals surface area contributed by atoms with Crippen LogP contribution < -0.4 is 5.32 Å². The molecule has 17 heavy (non-hydrogen) atoms. The van der Waals surface area contributed by atoms with E-state index in [-0.39, 0.29) is 11.9 Å². The molecule has 0 aromatic heterocycles. The van der Waals surface area contributed by atoms with E-state index in [1.807, 2.05) is 19.2 Å². The van der Waals surface area contributed by atoms with E-state index in [4.69, 9.17) is 0 Å². The van der Waals surface area contributed by atoms with Gasteiger partial charge in [0.25, 0.3) is 0 Å². The molecule has 1 aromatic carbocycles. The van der Waals surface area contributed by atoms with Crippen LogP contribution in [0.3, 0.4) is 0 Å². The summed E-state index contributed by atoms with van der Waals surface area (Å²) < 4.78 is 13.5. The lowest BCUT2D eigenvalue weighted by Gasteiger charge is -2.23. The number of hydrogen-bond acceptors (Lipinski definition) is 1. The summed E-state index contributed by atoms with van der Waals surface area (Å²) in [4.78, 5) is 0. The van der Waals surface area contributed by atoms with Crippen molar-refractivity contribution in [2.75, 3.05) is 7.05 Å². The fourth-order valence-electron chi connectivity index (χ4n) is 1.88. The van der Waals surface area contributed by atoms with Gasteiger partial charge in [-0.1, -0.05) is 32.9 Å². The predicted molar refractivity (Wildman–Crippen MR) is 71.6 cm³/mol. The second-order valence-electron chi connectivity index (χ2n) is 5.95. The molecule has 1 atom stereocenters. The highest BCUT2D eigenvalue weighted by Gasteiger charge is 2.16. The van der Waals surface area contributed by atoms with Crippen molar-refractivity contribution in [2.24, 2.45) is 5.41 Å². The molecule has 2 heteroatoms. The summed E-state index contributed by atoms with van der Waals surface area (Å²) in [5.41, 5.74) is 2.07. The predicted octanol–water partition coefficient (Wildman–Crippen LogP) is 4.22. The van der Waals surface area contributed by atoms with Crippen molar-refractivity contribution in [3.8, 4) is 0 Å². The van der Waals surface area contributed by atoms with Crippen molar-refractivity contribution < 1.29 is 4.39 Å². The molecule has 0 aliphatic rings. The molecule has 1 nitrogen and oxygen atoms in total. The Bertz CT molecular complexity index is 366. The van der Waals surface area contributed by atoms with Gasteiger partial charge in [0.05, 0.1) is 0 Å². The van der Waals surface area contributed by atoms with E-state index in [1.165, 1.54) is 0 Å². The summed E-state index contributed by atoms with van der Waals surface area (Å²) in [5.74, 6) is -0.112. The van der Waals surface area contributed by atoms with Crippen LogP contribution in [0.15, 0.2) is 18.2 Å². The van der Waals surface area contributed by atoms with Gasteiger partial charge in [0, 0.05) is 6.04 Å². The first-order valence-corrected chi connectivity index (χ1v) is 6.27. The monoisotopic (exact) mass is 237 g/mol. The summed E-state index contributed by atoms with van der Waals surface area (Å²) in [6, 6.07) is 5.76. The average Bonchev–Trinajstić information content (AvgIpc) is 2.22. The van der Waals surface area contributed by atoms with Gasteiger partial charge in [0.1, 0.15) is 5.82 Å². The molecule has 0 radical (unpaired) electrons. The van der Waals surface area contributed by atoms with Crippen LogP contribution in [0, 0.1) is 18.2 Å². The Morgan fingerprint density at radius 1 is 1.29 bits per heavy atom. The number of benzene rings is 1. The van der Waals surface area contributed by atoms with Gasteiger partial charge in [-0.25, -0.2) is 4.39 Å². The molecule has 0 heterocycles. The molecule has 1 unspecified atom stereocenters. The highest BCUT2D eigenvalue weighted by Crippen LogP contribution is 2.27. The van der Waals surface area contributed by atoms with Gasteiger partial charge in [0.15, 0.2) is 0 Å². The highest BCUT2D eigenvalue weighted by molar-refractivity contribution is 5.25. The van der Waals surface area contributed by atoms with E-state index in [2.05, 4.69) is 26.1 Å². The summed E-state index contributed by atoms with van der Waals surface area (Å²) in [7, 11) is 1.94. The molecule has 0 fully saturated rings. The van der Waals surface area contributed by atoms with E-state index >= 15 is 0 Å². The lowest BCUT2D eigenvalue weighted by atomic mass is 9.87. The standard InChI is InChI=1S/C15H24FN/c1-11-6-7-12(10-13(11)16)14(17-5)8-9-15(2,3)4/h6-7,10,14,17H,8-9H2,1-5H3. The lowest BCUT2D eigenvalue weighted by Crippen LogP contribution is -2.19. The minimum atomic E-state index is -0.112. The number of rotatable bonds is 4. The second kappa shape index (κ2) is 5.63. The Morgan fingerprint density at radius 2 is 1.94 bits per heavy atom. The Labute approximate surface area is 104 Å². The number of hydrogen-bond donors (Lipinski definition) is 1.